The molecule has 1 amide bonds. The van der Waals surface area contributed by atoms with Crippen LogP contribution in [0, 0.1) is 20.8 Å². The Balaban J connectivity index is 1.69. The maximum Gasteiger partial charge on any atom is 0.264 e. The van der Waals surface area contributed by atoms with Crippen molar-refractivity contribution in [3.8, 4) is 0 Å². The molecule has 34 heavy (non-hydrogen) atoms. The molecule has 1 N–H and O–H groups in total. The molecule has 180 valence electrons. The Hall–Kier alpha value is -2.48. The van der Waals surface area contributed by atoms with Crippen LogP contribution < -0.4 is 9.62 Å². The van der Waals surface area contributed by atoms with Crippen molar-refractivity contribution < 1.29 is 13.2 Å². The maximum atomic E-state index is 13.5. The van der Waals surface area contributed by atoms with Crippen molar-refractivity contribution >= 4 is 45.0 Å². The third-order valence-electron chi connectivity index (χ3n) is 5.26. The number of benzene rings is 3. The number of aryl methyl sites for hydroxylation is 3. The minimum atomic E-state index is -3.93. The summed E-state index contributed by atoms with van der Waals surface area (Å²) in [7, 11) is -3.93. The zero-order valence-electron chi connectivity index (χ0n) is 19.5. The molecule has 8 heteroatoms. The second kappa shape index (κ2) is 11.8. The molecule has 3 aromatic rings. The Morgan fingerprint density at radius 2 is 1.68 bits per heavy atom. The van der Waals surface area contributed by atoms with Crippen molar-refractivity contribution in [2.45, 2.75) is 31.4 Å². The van der Waals surface area contributed by atoms with Crippen molar-refractivity contribution in [3.63, 3.8) is 0 Å². The molecule has 0 aliphatic heterocycles. The van der Waals surface area contributed by atoms with E-state index in [9.17, 15) is 13.2 Å². The number of nitrogens with one attached hydrogen (secondary N) is 1. The van der Waals surface area contributed by atoms with Crippen LogP contribution in [0.2, 0.25) is 5.02 Å². The highest BCUT2D eigenvalue weighted by Gasteiger charge is 2.28. The van der Waals surface area contributed by atoms with E-state index in [-0.39, 0.29) is 17.3 Å². The Labute approximate surface area is 211 Å². The summed E-state index contributed by atoms with van der Waals surface area (Å²) in [6.07, 6.45) is 0. The van der Waals surface area contributed by atoms with Gasteiger partial charge in [0.15, 0.2) is 0 Å². The molecule has 0 saturated heterocycles. The average molecular weight is 517 g/mol. The monoisotopic (exact) mass is 516 g/mol. The van der Waals surface area contributed by atoms with Crippen LogP contribution in [-0.4, -0.2) is 33.2 Å². The molecule has 0 spiro atoms. The van der Waals surface area contributed by atoms with Gasteiger partial charge in [0.2, 0.25) is 5.91 Å². The van der Waals surface area contributed by atoms with E-state index >= 15 is 0 Å². The Bertz CT molecular complexity index is 1250. The van der Waals surface area contributed by atoms with Crippen molar-refractivity contribution in [2.24, 2.45) is 0 Å². The van der Waals surface area contributed by atoms with Gasteiger partial charge in [0.05, 0.1) is 10.6 Å². The first-order chi connectivity index (χ1) is 16.2. The van der Waals surface area contributed by atoms with Gasteiger partial charge in [0.1, 0.15) is 6.54 Å². The van der Waals surface area contributed by atoms with Crippen LogP contribution in [0.1, 0.15) is 22.3 Å². The summed E-state index contributed by atoms with van der Waals surface area (Å²) in [5.74, 6) is 1.14. The number of halogens is 1. The summed E-state index contributed by atoms with van der Waals surface area (Å²) in [5, 5.41) is 3.56. The number of nitrogens with zero attached hydrogens (tertiary/aromatic N) is 1. The van der Waals surface area contributed by atoms with E-state index < -0.39 is 10.0 Å². The average Bonchev–Trinajstić information content (AvgIpc) is 2.79. The summed E-state index contributed by atoms with van der Waals surface area (Å²) >= 11 is 7.69. The largest absolute Gasteiger partial charge is 0.354 e. The summed E-state index contributed by atoms with van der Waals surface area (Å²) in [4.78, 5) is 12.9. The van der Waals surface area contributed by atoms with Gasteiger partial charge in [-0.15, -0.1) is 0 Å². The fraction of sp³-hybridized carbons (Fsp3) is 0.269. The van der Waals surface area contributed by atoms with Gasteiger partial charge in [-0.05, 0) is 67.8 Å². The van der Waals surface area contributed by atoms with E-state index in [1.807, 2.05) is 57.2 Å². The molecule has 0 saturated carbocycles. The molecule has 0 aliphatic rings. The number of sulfonamides is 1. The number of carbonyl (C=O) groups is 1. The number of rotatable bonds is 10. The highest BCUT2D eigenvalue weighted by molar-refractivity contribution is 7.98. The van der Waals surface area contributed by atoms with Crippen molar-refractivity contribution in [1.82, 2.24) is 5.32 Å². The molecular weight excluding hydrogens is 488 g/mol. The van der Waals surface area contributed by atoms with Crippen molar-refractivity contribution in [3.05, 3.63) is 94.0 Å². The van der Waals surface area contributed by atoms with Crippen LogP contribution in [0.5, 0.6) is 0 Å². The van der Waals surface area contributed by atoms with Crippen molar-refractivity contribution in [2.75, 3.05) is 23.1 Å². The van der Waals surface area contributed by atoms with Crippen LogP contribution in [0.25, 0.3) is 0 Å². The van der Waals surface area contributed by atoms with Gasteiger partial charge in [-0.3, -0.25) is 9.10 Å². The SMILES string of the molecule is Cc1ccc(S(=O)(=O)N(CC(=O)NCCSCc2cccc(Cl)c2)c2cc(C)ccc2C)cc1. The van der Waals surface area contributed by atoms with Gasteiger partial charge >= 0.3 is 0 Å². The lowest BCUT2D eigenvalue weighted by molar-refractivity contribution is -0.119. The number of anilines is 1. The van der Waals surface area contributed by atoms with Gasteiger partial charge in [-0.2, -0.15) is 11.8 Å². The third-order valence-corrected chi connectivity index (χ3v) is 8.30. The van der Waals surface area contributed by atoms with Gasteiger partial charge in [-0.1, -0.05) is 53.6 Å². The number of amides is 1. The van der Waals surface area contributed by atoms with E-state index in [0.717, 1.165) is 28.0 Å². The number of thioether (sulfide) groups is 1. The van der Waals surface area contributed by atoms with Gasteiger partial charge < -0.3 is 5.32 Å². The summed E-state index contributed by atoms with van der Waals surface area (Å²) < 4.78 is 28.3. The third kappa shape index (κ3) is 7.01. The molecule has 3 rings (SSSR count). The minimum Gasteiger partial charge on any atom is -0.354 e. The predicted molar refractivity (Wildman–Crippen MR) is 142 cm³/mol. The summed E-state index contributed by atoms with van der Waals surface area (Å²) in [6.45, 7) is 5.79. The highest BCUT2D eigenvalue weighted by Crippen LogP contribution is 2.28. The molecular formula is C26H29ClN2O3S2. The van der Waals surface area contributed by atoms with Crippen LogP contribution in [0.4, 0.5) is 5.69 Å². The van der Waals surface area contributed by atoms with E-state index in [4.69, 9.17) is 11.6 Å². The molecule has 0 aromatic heterocycles. The van der Waals surface area contributed by atoms with Gasteiger partial charge in [-0.25, -0.2) is 8.42 Å². The highest BCUT2D eigenvalue weighted by atomic mass is 35.5. The quantitative estimate of drug-likeness (QED) is 0.361. The maximum absolute atomic E-state index is 13.5. The first-order valence-corrected chi connectivity index (χ1v) is 13.9. The lowest BCUT2D eigenvalue weighted by Crippen LogP contribution is -2.41. The second-order valence-corrected chi connectivity index (χ2v) is 11.6. The molecule has 3 aromatic carbocycles. The first-order valence-electron chi connectivity index (χ1n) is 10.9. The molecule has 0 atom stereocenters. The fourth-order valence-electron chi connectivity index (χ4n) is 3.39. The zero-order chi connectivity index (χ0) is 24.7. The van der Waals surface area contributed by atoms with Crippen LogP contribution in [-0.2, 0) is 20.6 Å². The standard InChI is InChI=1S/C26H29ClN2O3S2/c1-19-8-11-24(12-9-19)34(31,32)29(25-15-20(2)7-10-21(25)3)17-26(30)28-13-14-33-18-22-5-4-6-23(27)16-22/h4-12,15-16H,13-14,17-18H2,1-3H3,(H,28,30). The van der Waals surface area contributed by atoms with Crippen LogP contribution in [0.3, 0.4) is 0 Å². The lowest BCUT2D eigenvalue weighted by Gasteiger charge is -2.26. The summed E-state index contributed by atoms with van der Waals surface area (Å²) in [5.41, 5.74) is 4.29. The molecule has 5 nitrogen and oxygen atoms in total. The topological polar surface area (TPSA) is 66.5 Å². The molecule has 0 radical (unpaired) electrons. The van der Waals surface area contributed by atoms with Crippen molar-refractivity contribution in [1.29, 1.82) is 0 Å². The fourth-order valence-corrected chi connectivity index (χ4v) is 5.89. The lowest BCUT2D eigenvalue weighted by atomic mass is 10.1. The van der Waals surface area contributed by atoms with E-state index in [1.54, 1.807) is 42.1 Å². The Morgan fingerprint density at radius 3 is 2.38 bits per heavy atom. The van der Waals surface area contributed by atoms with E-state index in [1.165, 1.54) is 4.31 Å². The normalized spacial score (nSPS) is 11.3. The van der Waals surface area contributed by atoms with Gasteiger partial charge in [0.25, 0.3) is 10.0 Å². The van der Waals surface area contributed by atoms with Gasteiger partial charge in [0, 0.05) is 23.1 Å². The molecule has 0 bridgehead atoms. The van der Waals surface area contributed by atoms with E-state index in [0.29, 0.717) is 23.0 Å². The zero-order valence-corrected chi connectivity index (χ0v) is 21.9. The second-order valence-electron chi connectivity index (χ2n) is 8.15. The Morgan fingerprint density at radius 1 is 0.971 bits per heavy atom. The summed E-state index contributed by atoms with van der Waals surface area (Å²) in [6, 6.07) is 19.9. The minimum absolute atomic E-state index is 0.156. The molecule has 0 unspecified atom stereocenters. The first kappa shape index (κ1) is 26.1. The Kier molecular flexibility index (Phi) is 9.05. The molecule has 0 fully saturated rings. The van der Waals surface area contributed by atoms with E-state index in [2.05, 4.69) is 5.32 Å². The van der Waals surface area contributed by atoms with Crippen LogP contribution in [0.15, 0.2) is 71.6 Å². The molecule has 0 heterocycles. The predicted octanol–water partition coefficient (Wildman–Crippen LogP) is 5.51. The number of carbonyl (C=O) groups excluding carboxylic acids is 1. The smallest absolute Gasteiger partial charge is 0.264 e. The van der Waals surface area contributed by atoms with Crippen LogP contribution >= 0.6 is 23.4 Å². The number of hydrogen-bond acceptors (Lipinski definition) is 4. The number of hydrogen-bond donors (Lipinski definition) is 1. The molecule has 0 aliphatic carbocycles.